The van der Waals surface area contributed by atoms with Gasteiger partial charge >= 0.3 is 11.9 Å². The van der Waals surface area contributed by atoms with Crippen LogP contribution in [0.15, 0.2) is 0 Å². The second-order valence-electron chi connectivity index (χ2n) is 7.23. The van der Waals surface area contributed by atoms with Gasteiger partial charge in [0.25, 0.3) is 0 Å². The van der Waals surface area contributed by atoms with E-state index in [9.17, 15) is 9.59 Å². The van der Waals surface area contributed by atoms with Gasteiger partial charge in [-0.1, -0.05) is 66.2 Å². The van der Waals surface area contributed by atoms with Crippen LogP contribution in [0.2, 0.25) is 0 Å². The van der Waals surface area contributed by atoms with Crippen LogP contribution in [0.25, 0.3) is 0 Å². The van der Waals surface area contributed by atoms with Crippen LogP contribution in [-0.2, 0) is 19.1 Å². The van der Waals surface area contributed by atoms with Crippen LogP contribution >= 0.6 is 0 Å². The van der Waals surface area contributed by atoms with Crippen LogP contribution in [0.3, 0.4) is 0 Å². The monoisotopic (exact) mass is 356 g/mol. The van der Waals surface area contributed by atoms with Gasteiger partial charge in [0.15, 0.2) is 0 Å². The maximum absolute atomic E-state index is 11.8. The quantitative estimate of drug-likeness (QED) is 0.258. The number of ether oxygens (including phenoxy) is 2. The van der Waals surface area contributed by atoms with E-state index in [1.807, 2.05) is 0 Å². The number of rotatable bonds is 16. The average molecular weight is 357 g/mol. The predicted octanol–water partition coefficient (Wildman–Crippen LogP) is 5.82. The van der Waals surface area contributed by atoms with Crippen molar-refractivity contribution in [2.75, 3.05) is 6.61 Å². The molecule has 0 rings (SSSR count). The van der Waals surface area contributed by atoms with Crippen LogP contribution in [0, 0.1) is 5.92 Å². The fourth-order valence-corrected chi connectivity index (χ4v) is 2.77. The molecule has 4 nitrogen and oxygen atoms in total. The van der Waals surface area contributed by atoms with Crippen molar-refractivity contribution in [2.45, 2.75) is 111 Å². The Morgan fingerprint density at radius 2 is 1.32 bits per heavy atom. The number of unbranched alkanes of at least 4 members (excludes halogenated alkanes) is 7. The Kier molecular flexibility index (Phi) is 15.7. The van der Waals surface area contributed by atoms with Crippen LogP contribution in [0.4, 0.5) is 0 Å². The lowest BCUT2D eigenvalue weighted by Crippen LogP contribution is -2.22. The molecule has 0 aromatic rings. The van der Waals surface area contributed by atoms with Gasteiger partial charge in [-0.05, 0) is 31.6 Å². The third-order valence-electron chi connectivity index (χ3n) is 4.45. The van der Waals surface area contributed by atoms with E-state index in [0.717, 1.165) is 64.2 Å². The highest BCUT2D eigenvalue weighted by Gasteiger charge is 2.15. The summed E-state index contributed by atoms with van der Waals surface area (Å²) in [6.07, 6.45) is 11.4. The van der Waals surface area contributed by atoms with Crippen LogP contribution in [0.5, 0.6) is 0 Å². The third-order valence-corrected chi connectivity index (χ3v) is 4.45. The van der Waals surface area contributed by atoms with Gasteiger partial charge in [-0.25, -0.2) is 0 Å². The number of carbonyl (C=O) groups is 2. The number of esters is 2. The first-order valence-corrected chi connectivity index (χ1v) is 10.4. The number of hydrogen-bond donors (Lipinski definition) is 0. The molecule has 0 spiro atoms. The molecule has 0 aromatic carbocycles. The molecule has 0 bridgehead atoms. The topological polar surface area (TPSA) is 52.6 Å². The molecule has 0 heterocycles. The van der Waals surface area contributed by atoms with Gasteiger partial charge in [0.2, 0.25) is 0 Å². The van der Waals surface area contributed by atoms with Gasteiger partial charge in [-0.15, -0.1) is 0 Å². The Hall–Kier alpha value is -1.06. The Morgan fingerprint density at radius 3 is 1.84 bits per heavy atom. The molecule has 0 radical (unpaired) electrons. The van der Waals surface area contributed by atoms with Crippen LogP contribution in [0.1, 0.15) is 105 Å². The first-order chi connectivity index (χ1) is 12.0. The summed E-state index contributed by atoms with van der Waals surface area (Å²) in [4.78, 5) is 23.3. The molecule has 148 valence electrons. The van der Waals surface area contributed by atoms with Gasteiger partial charge in [-0.3, -0.25) is 9.59 Å². The van der Waals surface area contributed by atoms with Crippen molar-refractivity contribution in [3.05, 3.63) is 0 Å². The summed E-state index contributed by atoms with van der Waals surface area (Å²) in [5, 5.41) is 0. The van der Waals surface area contributed by atoms with Crippen LogP contribution < -0.4 is 0 Å². The van der Waals surface area contributed by atoms with Crippen molar-refractivity contribution in [2.24, 2.45) is 5.92 Å². The average Bonchev–Trinajstić information content (AvgIpc) is 2.58. The number of carbonyl (C=O) groups excluding carboxylic acids is 2. The highest BCUT2D eigenvalue weighted by molar-refractivity contribution is 5.69. The minimum atomic E-state index is -0.0635. The Balaban J connectivity index is 3.43. The Labute approximate surface area is 155 Å². The highest BCUT2D eigenvalue weighted by Crippen LogP contribution is 2.14. The highest BCUT2D eigenvalue weighted by atomic mass is 16.5. The fourth-order valence-electron chi connectivity index (χ4n) is 2.77. The van der Waals surface area contributed by atoms with E-state index in [0.29, 0.717) is 25.4 Å². The standard InChI is InChI=1S/C21H40O4/c1-5-7-14-17-24-20(22)15-12-10-8-9-11-13-16-21(23)25-19(6-2)18(3)4/h18-19H,5-17H2,1-4H3. The summed E-state index contributed by atoms with van der Waals surface area (Å²) in [5.74, 6) is 0.258. The third kappa shape index (κ3) is 14.9. The van der Waals surface area contributed by atoms with E-state index in [2.05, 4.69) is 27.7 Å². The van der Waals surface area contributed by atoms with E-state index < -0.39 is 0 Å². The molecule has 0 aromatic heterocycles. The zero-order valence-electron chi connectivity index (χ0n) is 17.0. The summed E-state index contributed by atoms with van der Waals surface area (Å²) >= 11 is 0. The first kappa shape index (κ1) is 23.9. The maximum atomic E-state index is 11.8. The van der Waals surface area contributed by atoms with Crippen molar-refractivity contribution in [3.63, 3.8) is 0 Å². The molecule has 0 aliphatic heterocycles. The van der Waals surface area contributed by atoms with E-state index in [1.54, 1.807) is 0 Å². The molecular formula is C21H40O4. The van der Waals surface area contributed by atoms with Gasteiger partial charge < -0.3 is 9.47 Å². The Morgan fingerprint density at radius 1 is 0.760 bits per heavy atom. The predicted molar refractivity (Wildman–Crippen MR) is 102 cm³/mol. The lowest BCUT2D eigenvalue weighted by atomic mass is 10.1. The second kappa shape index (κ2) is 16.4. The fraction of sp³-hybridized carbons (Fsp3) is 0.905. The molecule has 0 N–H and O–H groups in total. The molecule has 1 atom stereocenters. The molecule has 0 fully saturated rings. The van der Waals surface area contributed by atoms with Crippen molar-refractivity contribution < 1.29 is 19.1 Å². The van der Waals surface area contributed by atoms with E-state index >= 15 is 0 Å². The smallest absolute Gasteiger partial charge is 0.306 e. The SMILES string of the molecule is CCCCCOC(=O)CCCCCCCCC(=O)OC(CC)C(C)C. The summed E-state index contributed by atoms with van der Waals surface area (Å²) < 4.78 is 10.7. The van der Waals surface area contributed by atoms with E-state index in [1.165, 1.54) is 0 Å². The molecule has 0 saturated carbocycles. The molecular weight excluding hydrogens is 316 g/mol. The molecule has 0 aliphatic rings. The molecule has 4 heteroatoms. The van der Waals surface area contributed by atoms with Crippen molar-refractivity contribution in [1.29, 1.82) is 0 Å². The first-order valence-electron chi connectivity index (χ1n) is 10.4. The van der Waals surface area contributed by atoms with Crippen molar-refractivity contribution in [1.82, 2.24) is 0 Å². The molecule has 25 heavy (non-hydrogen) atoms. The van der Waals surface area contributed by atoms with Crippen molar-refractivity contribution in [3.8, 4) is 0 Å². The van der Waals surface area contributed by atoms with Gasteiger partial charge in [-0.2, -0.15) is 0 Å². The Bertz CT molecular complexity index is 339. The minimum absolute atomic E-state index is 0.0502. The van der Waals surface area contributed by atoms with E-state index in [-0.39, 0.29) is 18.0 Å². The summed E-state index contributed by atoms with van der Waals surface area (Å²) in [7, 11) is 0. The van der Waals surface area contributed by atoms with Gasteiger partial charge in [0.05, 0.1) is 6.61 Å². The summed E-state index contributed by atoms with van der Waals surface area (Å²) in [6.45, 7) is 8.93. The largest absolute Gasteiger partial charge is 0.466 e. The van der Waals surface area contributed by atoms with Crippen molar-refractivity contribution >= 4 is 11.9 Å². The maximum Gasteiger partial charge on any atom is 0.306 e. The zero-order chi connectivity index (χ0) is 18.9. The van der Waals surface area contributed by atoms with Crippen LogP contribution in [-0.4, -0.2) is 24.6 Å². The molecule has 0 saturated heterocycles. The molecule has 1 unspecified atom stereocenters. The second-order valence-corrected chi connectivity index (χ2v) is 7.23. The van der Waals surface area contributed by atoms with Gasteiger partial charge in [0, 0.05) is 12.8 Å². The number of hydrogen-bond acceptors (Lipinski definition) is 4. The summed E-state index contributed by atoms with van der Waals surface area (Å²) in [6, 6.07) is 0. The molecule has 0 amide bonds. The lowest BCUT2D eigenvalue weighted by molar-refractivity contribution is -0.151. The minimum Gasteiger partial charge on any atom is -0.466 e. The lowest BCUT2D eigenvalue weighted by Gasteiger charge is -2.19. The summed E-state index contributed by atoms with van der Waals surface area (Å²) in [5.41, 5.74) is 0. The van der Waals surface area contributed by atoms with E-state index in [4.69, 9.17) is 9.47 Å². The normalized spacial score (nSPS) is 12.2. The van der Waals surface area contributed by atoms with Gasteiger partial charge in [0.1, 0.15) is 6.10 Å². The zero-order valence-corrected chi connectivity index (χ0v) is 17.0. The molecule has 0 aliphatic carbocycles.